The van der Waals surface area contributed by atoms with E-state index < -0.39 is 0 Å². The van der Waals surface area contributed by atoms with Crippen LogP contribution in [0.25, 0.3) is 11.5 Å². The molecule has 2 amide bonds. The van der Waals surface area contributed by atoms with Gasteiger partial charge in [0.05, 0.1) is 0 Å². The molecule has 3 saturated heterocycles. The number of likely N-dealkylation sites (tertiary alicyclic amines) is 1. The van der Waals surface area contributed by atoms with E-state index >= 15 is 0 Å². The van der Waals surface area contributed by atoms with E-state index in [1.165, 1.54) is 50.9 Å². The van der Waals surface area contributed by atoms with Crippen molar-refractivity contribution < 1.29 is 9.21 Å². The van der Waals surface area contributed by atoms with E-state index in [0.717, 1.165) is 41.8 Å². The molecule has 234 valence electrons. The van der Waals surface area contributed by atoms with Crippen molar-refractivity contribution in [3.63, 3.8) is 0 Å². The molecule has 5 heterocycles. The van der Waals surface area contributed by atoms with Crippen LogP contribution < -0.4 is 20.4 Å². The molecule has 2 aromatic heterocycles. The Balaban J connectivity index is 0.909. The van der Waals surface area contributed by atoms with Gasteiger partial charge in [-0.2, -0.15) is 4.98 Å². The van der Waals surface area contributed by atoms with Crippen LogP contribution in [0.5, 0.6) is 0 Å². The van der Waals surface area contributed by atoms with E-state index in [1.54, 1.807) is 0 Å². The van der Waals surface area contributed by atoms with Crippen molar-refractivity contribution in [2.45, 2.75) is 38.6 Å². The number of nitrogens with one attached hydrogen (secondary N) is 2. The van der Waals surface area contributed by atoms with Gasteiger partial charge in [0.15, 0.2) is 0 Å². The average Bonchev–Trinajstić information content (AvgIpc) is 3.83. The number of hydrogen-bond acceptors (Lipinski definition) is 10. The number of carbonyl (C=O) groups is 1. The number of nitrogens with zero attached hydrogens (tertiary/aromatic N) is 8. The van der Waals surface area contributed by atoms with Gasteiger partial charge >= 0.3 is 6.03 Å². The topological polar surface area (TPSA) is 119 Å². The summed E-state index contributed by atoms with van der Waals surface area (Å²) >= 11 is 0. The molecule has 2 N–H and O–H groups in total. The third-order valence-corrected chi connectivity index (χ3v) is 9.16. The number of aryl methyl sites for hydroxylation is 1. The van der Waals surface area contributed by atoms with Crippen molar-refractivity contribution in [2.24, 2.45) is 0 Å². The Morgan fingerprint density at radius 3 is 2.24 bits per heavy atom. The lowest BCUT2D eigenvalue weighted by molar-refractivity contribution is 0.208. The normalized spacial score (nSPS) is 17.9. The maximum absolute atomic E-state index is 13.0. The Labute approximate surface area is 263 Å². The summed E-state index contributed by atoms with van der Waals surface area (Å²) < 4.78 is 5.23. The van der Waals surface area contributed by atoms with E-state index in [-0.39, 0.29) is 6.03 Å². The summed E-state index contributed by atoms with van der Waals surface area (Å²) in [7, 11) is 0. The molecule has 0 radical (unpaired) electrons. The fourth-order valence-electron chi connectivity index (χ4n) is 6.61. The van der Waals surface area contributed by atoms with Crippen molar-refractivity contribution in [3.8, 4) is 11.5 Å². The minimum absolute atomic E-state index is 0.124. The smallest absolute Gasteiger partial charge is 0.321 e. The van der Waals surface area contributed by atoms with Crippen molar-refractivity contribution in [3.05, 3.63) is 66.7 Å². The highest BCUT2D eigenvalue weighted by Crippen LogP contribution is 2.27. The van der Waals surface area contributed by atoms with Crippen LogP contribution in [-0.4, -0.2) is 94.4 Å². The molecule has 0 spiro atoms. The maximum Gasteiger partial charge on any atom is 0.321 e. The van der Waals surface area contributed by atoms with Crippen molar-refractivity contribution >= 4 is 34.9 Å². The van der Waals surface area contributed by atoms with Crippen LogP contribution in [0, 0.1) is 6.92 Å². The van der Waals surface area contributed by atoms with Crippen LogP contribution in [-0.2, 0) is 0 Å². The van der Waals surface area contributed by atoms with Crippen molar-refractivity contribution in [2.75, 3.05) is 72.8 Å². The zero-order valence-corrected chi connectivity index (χ0v) is 25.7. The molecule has 0 saturated carbocycles. The monoisotopic (exact) mass is 608 g/mol. The zero-order valence-electron chi connectivity index (χ0n) is 25.7. The molecular formula is C33H40N10O2. The Bertz CT molecular complexity index is 1560. The third kappa shape index (κ3) is 6.70. The number of rotatable bonds is 7. The standard InChI is InChI=1S/C33H40N10O2/c1-24-22-34-32(36-26-8-10-28(11-9-26)41-16-12-29(13-17-41)40-14-2-3-15-40)38-30(24)42-18-20-43(21-19-42)33(44)37-27-6-4-25(5-7-27)31-39-35-23-45-31/h4-11,22-23,29H,2-3,12-21H2,1H3,(H,37,44)(H,34,36,38). The molecular weight excluding hydrogens is 568 g/mol. The Kier molecular flexibility index (Phi) is 8.46. The highest BCUT2D eigenvalue weighted by atomic mass is 16.4. The number of anilines is 5. The van der Waals surface area contributed by atoms with E-state index in [9.17, 15) is 4.79 Å². The first-order valence-electron chi connectivity index (χ1n) is 16.0. The van der Waals surface area contributed by atoms with Gasteiger partial charge in [0.2, 0.25) is 18.2 Å². The van der Waals surface area contributed by atoms with Crippen LogP contribution in [0.15, 0.2) is 65.5 Å². The largest absolute Gasteiger partial charge is 0.423 e. The second kappa shape index (κ2) is 13.1. The highest BCUT2D eigenvalue weighted by molar-refractivity contribution is 5.89. The van der Waals surface area contributed by atoms with Crippen LogP contribution in [0.1, 0.15) is 31.2 Å². The van der Waals surface area contributed by atoms with Gasteiger partial charge in [0.1, 0.15) is 5.82 Å². The van der Waals surface area contributed by atoms with Crippen molar-refractivity contribution in [1.82, 2.24) is 30.0 Å². The lowest BCUT2D eigenvalue weighted by Gasteiger charge is -2.37. The molecule has 0 aliphatic carbocycles. The summed E-state index contributed by atoms with van der Waals surface area (Å²) in [5.41, 5.74) is 4.75. The number of aromatic nitrogens is 4. The maximum atomic E-state index is 13.0. The molecule has 0 atom stereocenters. The number of benzene rings is 2. The highest BCUT2D eigenvalue weighted by Gasteiger charge is 2.27. The van der Waals surface area contributed by atoms with Gasteiger partial charge in [-0.3, -0.25) is 0 Å². The summed E-state index contributed by atoms with van der Waals surface area (Å²) in [6, 6.07) is 16.6. The second-order valence-corrected chi connectivity index (χ2v) is 12.1. The number of piperidine rings is 1. The lowest BCUT2D eigenvalue weighted by Crippen LogP contribution is -2.50. The molecule has 3 aliphatic rings. The molecule has 4 aromatic rings. The van der Waals surface area contributed by atoms with Gasteiger partial charge in [-0.15, -0.1) is 10.2 Å². The SMILES string of the molecule is Cc1cnc(Nc2ccc(N3CCC(N4CCCC4)CC3)cc2)nc1N1CCN(C(=O)Nc2ccc(-c3nnco3)cc2)CC1. The van der Waals surface area contributed by atoms with Crippen LogP contribution in [0.2, 0.25) is 0 Å². The minimum atomic E-state index is -0.124. The predicted octanol–water partition coefficient (Wildman–Crippen LogP) is 5.00. The van der Waals surface area contributed by atoms with Gasteiger partial charge in [-0.25, -0.2) is 9.78 Å². The number of amides is 2. The zero-order chi connectivity index (χ0) is 30.6. The summed E-state index contributed by atoms with van der Waals surface area (Å²) in [6.45, 7) is 9.37. The van der Waals surface area contributed by atoms with Gasteiger partial charge in [0.25, 0.3) is 0 Å². The van der Waals surface area contributed by atoms with E-state index in [0.29, 0.717) is 43.7 Å². The van der Waals surface area contributed by atoms with E-state index in [4.69, 9.17) is 9.40 Å². The molecule has 0 bridgehead atoms. The fraction of sp³-hybridized carbons (Fsp3) is 0.424. The molecule has 12 nitrogen and oxygen atoms in total. The van der Waals surface area contributed by atoms with E-state index in [2.05, 4.69) is 64.8 Å². The molecule has 45 heavy (non-hydrogen) atoms. The number of hydrogen-bond donors (Lipinski definition) is 2. The van der Waals surface area contributed by atoms with Gasteiger partial charge < -0.3 is 34.7 Å². The summed E-state index contributed by atoms with van der Waals surface area (Å²) in [4.78, 5) is 31.6. The molecule has 3 fully saturated rings. The molecule has 7 rings (SSSR count). The molecule has 3 aliphatic heterocycles. The average molecular weight is 609 g/mol. The number of piperazine rings is 1. The quantitative estimate of drug-likeness (QED) is 0.297. The number of carbonyl (C=O) groups excluding carboxylic acids is 1. The first-order chi connectivity index (χ1) is 22.1. The van der Waals surface area contributed by atoms with E-state index in [1.807, 2.05) is 42.3 Å². The third-order valence-electron chi connectivity index (χ3n) is 9.16. The van der Waals surface area contributed by atoms with Crippen LogP contribution in [0.4, 0.5) is 33.6 Å². The van der Waals surface area contributed by atoms with Gasteiger partial charge in [0, 0.05) is 79.7 Å². The van der Waals surface area contributed by atoms with Crippen molar-refractivity contribution in [1.29, 1.82) is 0 Å². The lowest BCUT2D eigenvalue weighted by atomic mass is 10.0. The fourth-order valence-corrected chi connectivity index (χ4v) is 6.61. The molecule has 2 aromatic carbocycles. The second-order valence-electron chi connectivity index (χ2n) is 12.1. The summed E-state index contributed by atoms with van der Waals surface area (Å²) in [6.07, 6.45) is 8.37. The number of urea groups is 1. The molecule has 12 heteroatoms. The molecule has 0 unspecified atom stereocenters. The first kappa shape index (κ1) is 29.0. The van der Waals surface area contributed by atoms with Crippen LogP contribution >= 0.6 is 0 Å². The summed E-state index contributed by atoms with van der Waals surface area (Å²) in [5.74, 6) is 1.90. The summed E-state index contributed by atoms with van der Waals surface area (Å²) in [5, 5.41) is 14.0. The van der Waals surface area contributed by atoms with Gasteiger partial charge in [-0.05, 0) is 94.2 Å². The first-order valence-corrected chi connectivity index (χ1v) is 16.0. The Hall–Kier alpha value is -4.71. The van der Waals surface area contributed by atoms with Gasteiger partial charge in [-0.1, -0.05) is 0 Å². The minimum Gasteiger partial charge on any atom is -0.423 e. The Morgan fingerprint density at radius 2 is 1.56 bits per heavy atom. The predicted molar refractivity (Wildman–Crippen MR) is 175 cm³/mol. The Morgan fingerprint density at radius 1 is 0.844 bits per heavy atom. The van der Waals surface area contributed by atoms with Crippen LogP contribution in [0.3, 0.4) is 0 Å².